The molecular weight excluding hydrogens is 564 g/mol. The number of alkyl halides is 3. The van der Waals surface area contributed by atoms with Gasteiger partial charge in [0.05, 0.1) is 17.3 Å². The number of aliphatic hydroxyl groups excluding tert-OH is 1. The molecule has 4 aromatic rings. The van der Waals surface area contributed by atoms with Crippen molar-refractivity contribution in [2.75, 3.05) is 0 Å². The second-order valence-electron chi connectivity index (χ2n) is 7.10. The van der Waals surface area contributed by atoms with E-state index in [0.717, 1.165) is 9.25 Å². The van der Waals surface area contributed by atoms with Crippen LogP contribution in [-0.2, 0) is 13.1 Å². The van der Waals surface area contributed by atoms with Gasteiger partial charge in [0.2, 0.25) is 0 Å². The van der Waals surface area contributed by atoms with Crippen LogP contribution in [-0.4, -0.2) is 46.5 Å². The summed E-state index contributed by atoms with van der Waals surface area (Å²) in [5, 5.41) is 18.9. The van der Waals surface area contributed by atoms with Crippen LogP contribution in [0.5, 0.6) is 0 Å². The second-order valence-corrected chi connectivity index (χ2v) is 8.65. The number of benzene rings is 2. The highest BCUT2D eigenvalue weighted by atomic mass is 79.9. The normalized spacial score (nSPS) is 12.8. The first-order chi connectivity index (χ1) is 16.0. The van der Waals surface area contributed by atoms with Crippen molar-refractivity contribution in [3.63, 3.8) is 0 Å². The lowest BCUT2D eigenvalue weighted by molar-refractivity contribution is -0.207. The maximum Gasteiger partial charge on any atom is 0.416 e. The lowest BCUT2D eigenvalue weighted by Crippen LogP contribution is -2.37. The Labute approximate surface area is 208 Å². The second kappa shape index (κ2) is 9.53. The first-order valence-corrected chi connectivity index (χ1v) is 11.1. The summed E-state index contributed by atoms with van der Waals surface area (Å²) in [6.45, 7) is -1.28. The van der Waals surface area contributed by atoms with Crippen LogP contribution in [0.3, 0.4) is 0 Å². The van der Waals surface area contributed by atoms with E-state index in [4.69, 9.17) is 23.2 Å². The number of hydrogen-bond acceptors (Lipinski definition) is 5. The van der Waals surface area contributed by atoms with Crippen LogP contribution < -0.4 is 5.69 Å². The molecule has 0 saturated carbocycles. The van der Waals surface area contributed by atoms with E-state index in [2.05, 4.69) is 31.1 Å². The van der Waals surface area contributed by atoms with Crippen molar-refractivity contribution in [3.05, 3.63) is 79.6 Å². The molecule has 0 unspecified atom stereocenters. The predicted octanol–water partition coefficient (Wildman–Crippen LogP) is 4.33. The van der Waals surface area contributed by atoms with Crippen molar-refractivity contribution in [1.29, 1.82) is 0 Å². The minimum Gasteiger partial charge on any atom is -0.382 e. The Morgan fingerprint density at radius 1 is 1.06 bits per heavy atom. The minimum absolute atomic E-state index is 0.0745. The van der Waals surface area contributed by atoms with Gasteiger partial charge in [-0.2, -0.15) is 13.2 Å². The first kappa shape index (κ1) is 24.5. The van der Waals surface area contributed by atoms with Gasteiger partial charge >= 0.3 is 11.9 Å². The van der Waals surface area contributed by atoms with Crippen LogP contribution in [0, 0.1) is 0 Å². The van der Waals surface area contributed by atoms with Crippen molar-refractivity contribution in [1.82, 2.24) is 29.1 Å². The first-order valence-electron chi connectivity index (χ1n) is 9.59. The number of aliphatic hydroxyl groups is 1. The van der Waals surface area contributed by atoms with Gasteiger partial charge < -0.3 is 5.11 Å². The molecular formula is C20H14BrCl2F3N6O2. The van der Waals surface area contributed by atoms with Crippen LogP contribution in [0.25, 0.3) is 17.1 Å². The number of nitrogens with zero attached hydrogens (tertiary/aromatic N) is 6. The topological polar surface area (TPSA) is 90.8 Å². The molecule has 0 spiro atoms. The zero-order chi connectivity index (χ0) is 24.6. The van der Waals surface area contributed by atoms with Gasteiger partial charge in [0.25, 0.3) is 0 Å². The van der Waals surface area contributed by atoms with Crippen molar-refractivity contribution in [2.45, 2.75) is 25.4 Å². The molecule has 34 heavy (non-hydrogen) atoms. The molecule has 1 atom stereocenters. The van der Waals surface area contributed by atoms with E-state index in [9.17, 15) is 23.1 Å². The molecule has 4 rings (SSSR count). The Hall–Kier alpha value is -2.67. The largest absolute Gasteiger partial charge is 0.416 e. The van der Waals surface area contributed by atoms with Gasteiger partial charge in [-0.05, 0) is 52.3 Å². The van der Waals surface area contributed by atoms with Gasteiger partial charge in [-0.1, -0.05) is 35.3 Å². The van der Waals surface area contributed by atoms with Gasteiger partial charge in [0, 0.05) is 10.6 Å². The maximum atomic E-state index is 13.0. The Kier molecular flexibility index (Phi) is 6.85. The standard InChI is InChI=1S/C20H14BrCl2F3N6O2/c21-18-27-16(28-32(18)14-4-2-1-3-13(14)23)10-31-19(34)30(9-15(33)20(24,25)26)17(29-31)11-5-7-12(22)8-6-11/h1-8,15,33H,9-10H2/t15-/m0/s1. The smallest absolute Gasteiger partial charge is 0.382 e. The molecule has 14 heteroatoms. The molecule has 0 aliphatic rings. The number of rotatable bonds is 6. The minimum atomic E-state index is -4.92. The van der Waals surface area contributed by atoms with Gasteiger partial charge in [-0.3, -0.25) is 4.57 Å². The average molecular weight is 578 g/mol. The highest BCUT2D eigenvalue weighted by Gasteiger charge is 2.39. The summed E-state index contributed by atoms with van der Waals surface area (Å²) >= 11 is 15.4. The summed E-state index contributed by atoms with van der Waals surface area (Å²) in [5.74, 6) is 0.0761. The molecule has 2 heterocycles. The average Bonchev–Trinajstić information content (AvgIpc) is 3.28. The Bertz CT molecular complexity index is 1380. The molecule has 2 aromatic carbocycles. The third-order valence-electron chi connectivity index (χ3n) is 4.74. The third-order valence-corrected chi connectivity index (χ3v) is 5.83. The molecule has 0 amide bonds. The third kappa shape index (κ3) is 5.04. The molecule has 178 valence electrons. The molecule has 0 aliphatic heterocycles. The Balaban J connectivity index is 1.74. The van der Waals surface area contributed by atoms with Crippen molar-refractivity contribution < 1.29 is 18.3 Å². The maximum absolute atomic E-state index is 13.0. The van der Waals surface area contributed by atoms with E-state index >= 15 is 0 Å². The van der Waals surface area contributed by atoms with E-state index < -0.39 is 24.5 Å². The highest BCUT2D eigenvalue weighted by Crippen LogP contribution is 2.25. The van der Waals surface area contributed by atoms with E-state index in [-0.39, 0.29) is 18.2 Å². The van der Waals surface area contributed by atoms with Crippen molar-refractivity contribution in [2.24, 2.45) is 0 Å². The fourth-order valence-corrected chi connectivity index (χ4v) is 3.92. The summed E-state index contributed by atoms with van der Waals surface area (Å²) in [5.41, 5.74) is -0.00773. The number of hydrogen-bond donors (Lipinski definition) is 1. The number of halogens is 6. The molecule has 0 aliphatic carbocycles. The van der Waals surface area contributed by atoms with E-state index in [1.807, 2.05) is 0 Å². The number of aromatic nitrogens is 6. The predicted molar refractivity (Wildman–Crippen MR) is 122 cm³/mol. The molecule has 1 N–H and O–H groups in total. The zero-order valence-corrected chi connectivity index (χ0v) is 20.0. The lowest BCUT2D eigenvalue weighted by atomic mass is 10.2. The van der Waals surface area contributed by atoms with Crippen LogP contribution in [0.4, 0.5) is 13.2 Å². The molecule has 0 radical (unpaired) electrons. The molecule has 0 saturated heterocycles. The SMILES string of the molecule is O=c1n(Cc2nc(Br)n(-c3ccccc3Cl)n2)nc(-c2ccc(Cl)cc2)n1C[C@H](O)C(F)(F)F. The molecule has 0 fully saturated rings. The molecule has 2 aromatic heterocycles. The summed E-state index contributed by atoms with van der Waals surface area (Å²) in [4.78, 5) is 17.2. The van der Waals surface area contributed by atoms with E-state index in [1.165, 1.54) is 28.9 Å². The van der Waals surface area contributed by atoms with E-state index in [0.29, 0.717) is 26.0 Å². The number of para-hydroxylation sites is 1. The van der Waals surface area contributed by atoms with Gasteiger partial charge in [-0.15, -0.1) is 10.2 Å². The van der Waals surface area contributed by atoms with Crippen LogP contribution in [0.2, 0.25) is 10.0 Å². The van der Waals surface area contributed by atoms with Crippen molar-refractivity contribution in [3.8, 4) is 17.1 Å². The van der Waals surface area contributed by atoms with E-state index in [1.54, 1.807) is 24.3 Å². The van der Waals surface area contributed by atoms with Crippen LogP contribution in [0.1, 0.15) is 5.82 Å². The lowest BCUT2D eigenvalue weighted by Gasteiger charge is -2.15. The molecule has 8 nitrogen and oxygen atoms in total. The fourth-order valence-electron chi connectivity index (χ4n) is 3.11. The molecule has 0 bridgehead atoms. The van der Waals surface area contributed by atoms with Gasteiger partial charge in [0.15, 0.2) is 22.5 Å². The van der Waals surface area contributed by atoms with Gasteiger partial charge in [-0.25, -0.2) is 19.1 Å². The summed E-state index contributed by atoms with van der Waals surface area (Å²) < 4.78 is 42.4. The summed E-state index contributed by atoms with van der Waals surface area (Å²) in [7, 11) is 0. The highest BCUT2D eigenvalue weighted by molar-refractivity contribution is 9.10. The van der Waals surface area contributed by atoms with Crippen LogP contribution >= 0.6 is 39.1 Å². The van der Waals surface area contributed by atoms with Gasteiger partial charge in [0.1, 0.15) is 6.54 Å². The monoisotopic (exact) mass is 576 g/mol. The Morgan fingerprint density at radius 3 is 2.38 bits per heavy atom. The zero-order valence-electron chi connectivity index (χ0n) is 16.9. The van der Waals surface area contributed by atoms with Crippen molar-refractivity contribution >= 4 is 39.1 Å². The van der Waals surface area contributed by atoms with Crippen LogP contribution in [0.15, 0.2) is 58.1 Å². The fraction of sp³-hybridized carbons (Fsp3) is 0.200. The quantitative estimate of drug-likeness (QED) is 0.368. The summed E-state index contributed by atoms with van der Waals surface area (Å²) in [6, 6.07) is 12.9. The summed E-state index contributed by atoms with van der Waals surface area (Å²) in [6.07, 6.45) is -7.68. The Morgan fingerprint density at radius 2 is 1.74 bits per heavy atom.